The van der Waals surface area contributed by atoms with Gasteiger partial charge in [-0.25, -0.2) is 0 Å². The Morgan fingerprint density at radius 1 is 1.00 bits per heavy atom. The fourth-order valence-electron chi connectivity index (χ4n) is 1.05. The van der Waals surface area contributed by atoms with E-state index in [9.17, 15) is 14.9 Å². The Morgan fingerprint density at radius 2 is 1.40 bits per heavy atom. The van der Waals surface area contributed by atoms with Crippen molar-refractivity contribution in [2.24, 2.45) is 0 Å². The van der Waals surface area contributed by atoms with Crippen LogP contribution < -0.4 is 0 Å². The highest BCUT2D eigenvalue weighted by Crippen LogP contribution is 2.18. The van der Waals surface area contributed by atoms with Gasteiger partial charge in [-0.05, 0) is 6.07 Å². The first-order valence-electron chi connectivity index (χ1n) is 6.99. The molecular weight excluding hydrogens is 256 g/mol. The second kappa shape index (κ2) is 15.1. The third kappa shape index (κ3) is 8.24. The van der Waals surface area contributed by atoms with Crippen LogP contribution in [0.15, 0.2) is 24.3 Å². The van der Waals surface area contributed by atoms with E-state index in [0.29, 0.717) is 0 Å². The Kier molecular flexibility index (Phi) is 17.6. The molecule has 0 aliphatic carbocycles. The van der Waals surface area contributed by atoms with E-state index in [1.54, 1.807) is 20.2 Å². The maximum Gasteiger partial charge on any atom is 0.282 e. The summed E-state index contributed by atoms with van der Waals surface area (Å²) in [5.41, 5.74) is -0.0475. The number of para-hydroxylation sites is 1. The number of nitrogens with zero attached hydrogens (tertiary/aromatic N) is 2. The zero-order valence-electron chi connectivity index (χ0n) is 13.9. The number of carbonyl (C=O) groups excluding carboxylic acids is 1. The molecule has 116 valence electrons. The number of hydrogen-bond acceptors (Lipinski definition) is 3. The molecule has 5 nitrogen and oxygen atoms in total. The van der Waals surface area contributed by atoms with E-state index >= 15 is 0 Å². The highest BCUT2D eigenvalue weighted by atomic mass is 16.6. The lowest BCUT2D eigenvalue weighted by Crippen LogP contribution is -2.22. The maximum atomic E-state index is 11.5. The van der Waals surface area contributed by atoms with Crippen LogP contribution in [0, 0.1) is 10.1 Å². The predicted molar refractivity (Wildman–Crippen MR) is 85.2 cm³/mol. The van der Waals surface area contributed by atoms with Gasteiger partial charge in [0.25, 0.3) is 11.6 Å². The van der Waals surface area contributed by atoms with Gasteiger partial charge in [-0.1, -0.05) is 53.7 Å². The molecule has 5 heteroatoms. The molecule has 1 rings (SSSR count). The summed E-state index contributed by atoms with van der Waals surface area (Å²) in [5.74, 6) is -0.364. The largest absolute Gasteiger partial charge is 0.345 e. The summed E-state index contributed by atoms with van der Waals surface area (Å²) >= 11 is 0. The number of nitro benzene ring substituents is 1. The molecule has 0 atom stereocenters. The first-order valence-corrected chi connectivity index (χ1v) is 6.99. The second-order valence-electron chi connectivity index (χ2n) is 2.97. The van der Waals surface area contributed by atoms with Gasteiger partial charge in [0.1, 0.15) is 5.56 Å². The van der Waals surface area contributed by atoms with Crippen molar-refractivity contribution in [3.63, 3.8) is 0 Å². The number of benzene rings is 1. The Morgan fingerprint density at radius 3 is 1.75 bits per heavy atom. The molecule has 0 aliphatic rings. The minimum absolute atomic E-state index is 0.113. The molecule has 0 unspecified atom stereocenters. The molecule has 0 spiro atoms. The number of hydrogen-bond donors (Lipinski definition) is 0. The minimum Gasteiger partial charge on any atom is -0.345 e. The van der Waals surface area contributed by atoms with Crippen LogP contribution in [-0.4, -0.2) is 29.8 Å². The highest BCUT2D eigenvalue weighted by Gasteiger charge is 2.19. The summed E-state index contributed by atoms with van der Waals surface area (Å²) in [6, 6.07) is 5.89. The summed E-state index contributed by atoms with van der Waals surface area (Å²) in [7, 11) is 3.11. The molecule has 0 saturated heterocycles. The SMILES string of the molecule is CC.CC.CC.CN(C)C(=O)c1ccccc1[N+](=O)[O-]. The molecule has 0 N–H and O–H groups in total. The molecule has 0 saturated carbocycles. The lowest BCUT2D eigenvalue weighted by molar-refractivity contribution is -0.385. The van der Waals surface area contributed by atoms with Crippen LogP contribution in [0.1, 0.15) is 51.9 Å². The minimum atomic E-state index is -0.559. The Hall–Kier alpha value is -1.91. The van der Waals surface area contributed by atoms with E-state index in [1.165, 1.54) is 23.1 Å². The van der Waals surface area contributed by atoms with Crippen molar-refractivity contribution in [2.45, 2.75) is 41.5 Å². The molecule has 1 aromatic carbocycles. The van der Waals surface area contributed by atoms with Gasteiger partial charge in [-0.15, -0.1) is 0 Å². The number of amides is 1. The van der Waals surface area contributed by atoms with Crippen molar-refractivity contribution in [3.05, 3.63) is 39.9 Å². The van der Waals surface area contributed by atoms with Gasteiger partial charge in [0.15, 0.2) is 0 Å². The third-order valence-electron chi connectivity index (χ3n) is 1.74. The van der Waals surface area contributed by atoms with Crippen LogP contribution in [0.5, 0.6) is 0 Å². The smallest absolute Gasteiger partial charge is 0.282 e. The first kappa shape index (κ1) is 23.2. The zero-order chi connectivity index (χ0) is 16.7. The zero-order valence-corrected chi connectivity index (χ0v) is 13.9. The average Bonchev–Trinajstić information content (AvgIpc) is 2.52. The van der Waals surface area contributed by atoms with Crippen molar-refractivity contribution in [2.75, 3.05) is 14.1 Å². The molecule has 20 heavy (non-hydrogen) atoms. The monoisotopic (exact) mass is 284 g/mol. The van der Waals surface area contributed by atoms with Gasteiger partial charge in [0.2, 0.25) is 0 Å². The standard InChI is InChI=1S/C9H10N2O3.3C2H6/c1-10(2)9(12)7-5-3-4-6-8(7)11(13)14;3*1-2/h3-6H,1-2H3;3*1-2H3. The Labute approximate surface area is 122 Å². The van der Waals surface area contributed by atoms with E-state index in [2.05, 4.69) is 0 Å². The molecule has 0 fully saturated rings. The normalized spacial score (nSPS) is 7.60. The molecule has 0 heterocycles. The van der Waals surface area contributed by atoms with Gasteiger partial charge in [-0.3, -0.25) is 14.9 Å². The van der Waals surface area contributed by atoms with Crippen molar-refractivity contribution in [3.8, 4) is 0 Å². The molecule has 0 bridgehead atoms. The van der Waals surface area contributed by atoms with Crippen LogP contribution >= 0.6 is 0 Å². The number of rotatable bonds is 2. The summed E-state index contributed by atoms with van der Waals surface area (Å²) in [6.45, 7) is 12.0. The Bertz CT molecular complexity index is 377. The van der Waals surface area contributed by atoms with Crippen molar-refractivity contribution in [1.82, 2.24) is 4.90 Å². The molecule has 0 radical (unpaired) electrons. The van der Waals surface area contributed by atoms with Crippen molar-refractivity contribution >= 4 is 11.6 Å². The van der Waals surface area contributed by atoms with E-state index in [-0.39, 0.29) is 17.2 Å². The third-order valence-corrected chi connectivity index (χ3v) is 1.74. The highest BCUT2D eigenvalue weighted by molar-refractivity contribution is 5.97. The summed E-state index contributed by atoms with van der Waals surface area (Å²) in [6.07, 6.45) is 0. The van der Waals surface area contributed by atoms with Gasteiger partial charge in [0, 0.05) is 20.2 Å². The van der Waals surface area contributed by atoms with Gasteiger partial charge in [-0.2, -0.15) is 0 Å². The second-order valence-corrected chi connectivity index (χ2v) is 2.97. The van der Waals surface area contributed by atoms with Crippen LogP contribution in [0.3, 0.4) is 0 Å². The fourth-order valence-corrected chi connectivity index (χ4v) is 1.05. The van der Waals surface area contributed by atoms with Crippen LogP contribution in [0.2, 0.25) is 0 Å². The summed E-state index contributed by atoms with van der Waals surface area (Å²) in [4.78, 5) is 22.8. The lowest BCUT2D eigenvalue weighted by Gasteiger charge is -2.09. The van der Waals surface area contributed by atoms with Crippen LogP contribution in [-0.2, 0) is 0 Å². The molecule has 1 amide bonds. The maximum absolute atomic E-state index is 11.5. The molecule has 0 aliphatic heterocycles. The lowest BCUT2D eigenvalue weighted by atomic mass is 10.1. The van der Waals surface area contributed by atoms with E-state index in [1.807, 2.05) is 41.5 Å². The van der Waals surface area contributed by atoms with Gasteiger partial charge >= 0.3 is 0 Å². The van der Waals surface area contributed by atoms with E-state index in [4.69, 9.17) is 0 Å². The number of nitro groups is 1. The topological polar surface area (TPSA) is 63.5 Å². The quantitative estimate of drug-likeness (QED) is 0.598. The van der Waals surface area contributed by atoms with Gasteiger partial charge in [0.05, 0.1) is 4.92 Å². The van der Waals surface area contributed by atoms with Crippen molar-refractivity contribution < 1.29 is 9.72 Å². The molecule has 1 aromatic rings. The van der Waals surface area contributed by atoms with Crippen molar-refractivity contribution in [1.29, 1.82) is 0 Å². The van der Waals surface area contributed by atoms with Gasteiger partial charge < -0.3 is 4.90 Å². The van der Waals surface area contributed by atoms with E-state index < -0.39 is 4.92 Å². The Balaban J connectivity index is -0.000000425. The van der Waals surface area contributed by atoms with E-state index in [0.717, 1.165) is 0 Å². The molecule has 0 aromatic heterocycles. The predicted octanol–water partition coefficient (Wildman–Crippen LogP) is 4.38. The summed E-state index contributed by atoms with van der Waals surface area (Å²) in [5, 5.41) is 10.6. The first-order chi connectivity index (χ1) is 9.54. The molecular formula is C15H28N2O3. The fraction of sp³-hybridized carbons (Fsp3) is 0.533. The van der Waals surface area contributed by atoms with Crippen LogP contribution in [0.25, 0.3) is 0 Å². The average molecular weight is 284 g/mol. The summed E-state index contributed by atoms with van der Waals surface area (Å²) < 4.78 is 0. The van der Waals surface area contributed by atoms with Crippen LogP contribution in [0.4, 0.5) is 5.69 Å². The number of carbonyl (C=O) groups is 1.